The highest BCUT2D eigenvalue weighted by Crippen LogP contribution is 2.09. The zero-order valence-corrected chi connectivity index (χ0v) is 9.48. The maximum absolute atomic E-state index is 11.5. The molecule has 2 aromatic heterocycles. The first-order valence-corrected chi connectivity index (χ1v) is 5.54. The quantitative estimate of drug-likeness (QED) is 0.760. The Labute approximate surface area is 100 Å². The van der Waals surface area contributed by atoms with Crippen LogP contribution in [0.25, 0.3) is 0 Å². The Balaban J connectivity index is 2.00. The number of nitrogens with zero attached hydrogens (tertiary/aromatic N) is 3. The van der Waals surface area contributed by atoms with Gasteiger partial charge >= 0.3 is 5.97 Å². The first-order valence-electron chi connectivity index (χ1n) is 4.60. The van der Waals surface area contributed by atoms with Gasteiger partial charge in [0.05, 0.1) is 5.56 Å². The van der Waals surface area contributed by atoms with E-state index in [2.05, 4.69) is 15.0 Å². The van der Waals surface area contributed by atoms with E-state index >= 15 is 0 Å². The third-order valence-electron chi connectivity index (χ3n) is 1.81. The SMILES string of the molecule is Nc1nc(N)nc(COC(=O)c2ccsc2)n1. The maximum Gasteiger partial charge on any atom is 0.339 e. The number of esters is 1. The lowest BCUT2D eigenvalue weighted by molar-refractivity contribution is 0.0463. The Morgan fingerprint density at radius 1 is 1.29 bits per heavy atom. The minimum atomic E-state index is -0.441. The maximum atomic E-state index is 11.5. The van der Waals surface area contributed by atoms with Gasteiger partial charge in [0, 0.05) is 5.38 Å². The van der Waals surface area contributed by atoms with Crippen LogP contribution in [0.1, 0.15) is 16.2 Å². The summed E-state index contributed by atoms with van der Waals surface area (Å²) in [4.78, 5) is 22.7. The summed E-state index contributed by atoms with van der Waals surface area (Å²) in [5.74, 6) is -0.222. The standard InChI is InChI=1S/C9H9N5O2S/c10-8-12-6(13-9(11)14-8)3-16-7(15)5-1-2-17-4-5/h1-2,4H,3H2,(H4,10,11,12,13,14). The van der Waals surface area contributed by atoms with Gasteiger partial charge in [0.25, 0.3) is 0 Å². The Bertz CT molecular complexity index is 508. The molecule has 4 N–H and O–H groups in total. The second-order valence-electron chi connectivity index (χ2n) is 3.06. The molecule has 0 aliphatic rings. The number of aromatic nitrogens is 3. The van der Waals surface area contributed by atoms with Gasteiger partial charge < -0.3 is 16.2 Å². The molecule has 7 nitrogen and oxygen atoms in total. The monoisotopic (exact) mass is 251 g/mol. The first kappa shape index (κ1) is 11.3. The topological polar surface area (TPSA) is 117 Å². The van der Waals surface area contributed by atoms with Crippen LogP contribution in [0.15, 0.2) is 16.8 Å². The summed E-state index contributed by atoms with van der Waals surface area (Å²) in [5.41, 5.74) is 11.2. The van der Waals surface area contributed by atoms with Gasteiger partial charge in [-0.1, -0.05) is 0 Å². The van der Waals surface area contributed by atoms with E-state index in [1.807, 2.05) is 0 Å². The first-order chi connectivity index (χ1) is 8.15. The summed E-state index contributed by atoms with van der Waals surface area (Å²) in [6.07, 6.45) is 0. The van der Waals surface area contributed by atoms with Gasteiger partial charge in [-0.3, -0.25) is 0 Å². The lowest BCUT2D eigenvalue weighted by atomic mass is 10.3. The van der Waals surface area contributed by atoms with Crippen LogP contribution in [0.5, 0.6) is 0 Å². The van der Waals surface area contributed by atoms with Crippen molar-refractivity contribution in [2.75, 3.05) is 11.5 Å². The van der Waals surface area contributed by atoms with Crippen LogP contribution >= 0.6 is 11.3 Å². The lowest BCUT2D eigenvalue weighted by Gasteiger charge is -2.03. The zero-order valence-electron chi connectivity index (χ0n) is 8.66. The average Bonchev–Trinajstić information content (AvgIpc) is 2.78. The molecule has 0 bridgehead atoms. The number of nitrogen functional groups attached to an aromatic ring is 2. The molecule has 0 aliphatic carbocycles. The Morgan fingerprint density at radius 3 is 2.59 bits per heavy atom. The van der Waals surface area contributed by atoms with Crippen LogP contribution in [0, 0.1) is 0 Å². The molecule has 0 unspecified atom stereocenters. The molecule has 0 saturated heterocycles. The molecule has 8 heteroatoms. The predicted octanol–water partition coefficient (Wildman–Crippen LogP) is 0.454. The number of hydrogen-bond donors (Lipinski definition) is 2. The number of rotatable bonds is 3. The van der Waals surface area contributed by atoms with Crippen LogP contribution in [0.2, 0.25) is 0 Å². The van der Waals surface area contributed by atoms with Crippen LogP contribution in [-0.2, 0) is 11.3 Å². The molecule has 0 atom stereocenters. The van der Waals surface area contributed by atoms with Gasteiger partial charge in [0.15, 0.2) is 12.4 Å². The molecule has 2 heterocycles. The van der Waals surface area contributed by atoms with Crippen molar-refractivity contribution in [2.45, 2.75) is 6.61 Å². The Kier molecular flexibility index (Phi) is 3.15. The summed E-state index contributed by atoms with van der Waals surface area (Å²) in [6, 6.07) is 1.67. The fourth-order valence-electron chi connectivity index (χ4n) is 1.12. The van der Waals surface area contributed by atoms with Crippen molar-refractivity contribution in [1.29, 1.82) is 0 Å². The summed E-state index contributed by atoms with van der Waals surface area (Å²) in [5, 5.41) is 3.48. The third-order valence-corrected chi connectivity index (χ3v) is 2.49. The Hall–Kier alpha value is -2.22. The summed E-state index contributed by atoms with van der Waals surface area (Å²) in [6.45, 7) is -0.0917. The second-order valence-corrected chi connectivity index (χ2v) is 3.84. The van der Waals surface area contributed by atoms with Crippen molar-refractivity contribution in [3.05, 3.63) is 28.2 Å². The highest BCUT2D eigenvalue weighted by Gasteiger charge is 2.09. The van der Waals surface area contributed by atoms with E-state index in [1.54, 1.807) is 16.8 Å². The minimum Gasteiger partial charge on any atom is -0.454 e. The molecular weight excluding hydrogens is 242 g/mol. The van der Waals surface area contributed by atoms with Crippen LogP contribution in [0.3, 0.4) is 0 Å². The van der Waals surface area contributed by atoms with E-state index in [1.165, 1.54) is 11.3 Å². The molecule has 2 rings (SSSR count). The predicted molar refractivity (Wildman–Crippen MR) is 62.1 cm³/mol. The third kappa shape index (κ3) is 2.88. The van der Waals surface area contributed by atoms with E-state index in [0.29, 0.717) is 5.56 Å². The molecular formula is C9H9N5O2S. The second kappa shape index (κ2) is 4.74. The lowest BCUT2D eigenvalue weighted by Crippen LogP contribution is -2.10. The number of anilines is 2. The van der Waals surface area contributed by atoms with Crippen molar-refractivity contribution < 1.29 is 9.53 Å². The minimum absolute atomic E-state index is 0.000850. The molecule has 88 valence electrons. The normalized spacial score (nSPS) is 10.1. The van der Waals surface area contributed by atoms with E-state index in [0.717, 1.165) is 0 Å². The number of ether oxygens (including phenoxy) is 1. The number of hydrogen-bond acceptors (Lipinski definition) is 8. The summed E-state index contributed by atoms with van der Waals surface area (Å²) in [7, 11) is 0. The van der Waals surface area contributed by atoms with Gasteiger partial charge in [-0.05, 0) is 11.4 Å². The Morgan fingerprint density at radius 2 is 2.00 bits per heavy atom. The van der Waals surface area contributed by atoms with Gasteiger partial charge in [0.2, 0.25) is 11.9 Å². The molecule has 0 saturated carbocycles. The van der Waals surface area contributed by atoms with Gasteiger partial charge in [-0.25, -0.2) is 4.79 Å². The number of thiophene rings is 1. The number of carbonyl (C=O) groups is 1. The highest BCUT2D eigenvalue weighted by molar-refractivity contribution is 7.08. The van der Waals surface area contributed by atoms with Crippen LogP contribution in [-0.4, -0.2) is 20.9 Å². The molecule has 17 heavy (non-hydrogen) atoms. The molecule has 0 spiro atoms. The van der Waals surface area contributed by atoms with Crippen molar-refractivity contribution in [2.24, 2.45) is 0 Å². The summed E-state index contributed by atoms with van der Waals surface area (Å²) < 4.78 is 4.99. The van der Waals surface area contributed by atoms with Gasteiger partial charge in [-0.15, -0.1) is 0 Å². The van der Waals surface area contributed by atoms with Crippen molar-refractivity contribution >= 4 is 29.2 Å². The fourth-order valence-corrected chi connectivity index (χ4v) is 1.74. The largest absolute Gasteiger partial charge is 0.454 e. The van der Waals surface area contributed by atoms with E-state index < -0.39 is 5.97 Å². The van der Waals surface area contributed by atoms with Crippen molar-refractivity contribution in [3.8, 4) is 0 Å². The van der Waals surface area contributed by atoms with Gasteiger partial charge in [-0.2, -0.15) is 26.3 Å². The molecule has 0 fully saturated rings. The molecule has 0 amide bonds. The van der Waals surface area contributed by atoms with Crippen molar-refractivity contribution in [3.63, 3.8) is 0 Å². The van der Waals surface area contributed by atoms with Gasteiger partial charge in [0.1, 0.15) is 0 Å². The smallest absolute Gasteiger partial charge is 0.339 e. The van der Waals surface area contributed by atoms with E-state index in [9.17, 15) is 4.79 Å². The molecule has 0 aliphatic heterocycles. The summed E-state index contributed by atoms with van der Waals surface area (Å²) >= 11 is 1.41. The zero-order chi connectivity index (χ0) is 12.3. The number of nitrogens with two attached hydrogens (primary N) is 2. The molecule has 0 radical (unpaired) electrons. The fraction of sp³-hybridized carbons (Fsp3) is 0.111. The average molecular weight is 251 g/mol. The van der Waals surface area contributed by atoms with E-state index in [4.69, 9.17) is 16.2 Å². The van der Waals surface area contributed by atoms with Crippen LogP contribution in [0.4, 0.5) is 11.9 Å². The van der Waals surface area contributed by atoms with Crippen molar-refractivity contribution in [1.82, 2.24) is 15.0 Å². The van der Waals surface area contributed by atoms with E-state index in [-0.39, 0.29) is 24.3 Å². The molecule has 0 aromatic carbocycles. The number of carbonyl (C=O) groups excluding carboxylic acids is 1. The van der Waals surface area contributed by atoms with Crippen LogP contribution < -0.4 is 11.5 Å². The molecule has 2 aromatic rings. The highest BCUT2D eigenvalue weighted by atomic mass is 32.1.